The van der Waals surface area contributed by atoms with Crippen LogP contribution in [-0.2, 0) is 7.05 Å². The maximum atomic E-state index is 15.5. The van der Waals surface area contributed by atoms with Crippen LogP contribution in [0.3, 0.4) is 0 Å². The fourth-order valence-electron chi connectivity index (χ4n) is 10.1. The molecule has 0 spiro atoms. The predicted molar refractivity (Wildman–Crippen MR) is 277 cm³/mol. The molecule has 4 heterocycles. The Morgan fingerprint density at radius 2 is 0.828 bits per heavy atom. The van der Waals surface area contributed by atoms with Crippen LogP contribution in [0.25, 0.3) is 130 Å². The molecule has 0 bridgehead atoms. The number of aromatic amines is 2. The summed E-state index contributed by atoms with van der Waals surface area (Å²) in [6, 6.07) is 59.5. The highest BCUT2D eigenvalue weighted by Crippen LogP contribution is 2.44. The van der Waals surface area contributed by atoms with Gasteiger partial charge in [-0.05, 0) is 74.8 Å². The second-order valence-corrected chi connectivity index (χ2v) is 16.1. The molecule has 0 aliphatic carbocycles. The molecule has 0 saturated carbocycles. The third kappa shape index (κ3) is 5.68. The third-order valence-electron chi connectivity index (χ3n) is 12.9. The molecule has 0 atom stereocenters. The van der Waals surface area contributed by atoms with Gasteiger partial charge in [0.05, 0.1) is 16.6 Å². The molecule has 2 N–H and O–H groups in total. The Bertz CT molecular complexity index is 4180. The van der Waals surface area contributed by atoms with E-state index in [0.717, 1.165) is 48.1 Å². The van der Waals surface area contributed by atoms with Crippen molar-refractivity contribution in [1.82, 2.24) is 19.3 Å². The van der Waals surface area contributed by atoms with E-state index in [2.05, 4.69) is 181 Å². The van der Waals surface area contributed by atoms with E-state index in [1.165, 1.54) is 75.9 Å². The van der Waals surface area contributed by atoms with Gasteiger partial charge >= 0.3 is 0 Å². The standard InChI is InChI=1S/C27H18N2.C26H15FN2.C4H6.C2H4/c1-29-23-15-14-22-26(24-18-8-4-2-6-16(18)11-13-21(24)28-22)25(23)20-12-10-17-7-3-5-9-19(17)27(20)29;27-29-23-12-11-21-24(20-13-16-6-1-2-7-17(16)14-22(20)28-21)25(23)19-10-9-15-5-3-4-8-18(15)26(19)29;1-3-4-2;1-2/h2-15,28H,1H3;1-14,28H;3-4H,1-2H2;1-2H2. The Hall–Kier alpha value is -8.41. The summed E-state index contributed by atoms with van der Waals surface area (Å²) < 4.78 is 17.9. The van der Waals surface area contributed by atoms with Crippen molar-refractivity contribution in [3.63, 3.8) is 0 Å². The number of nitrogens with one attached hydrogen (secondary N) is 2. The Kier molecular flexibility index (Phi) is 9.14. The minimum atomic E-state index is 0.609. The van der Waals surface area contributed by atoms with E-state index in [0.29, 0.717) is 11.0 Å². The first-order valence-electron chi connectivity index (χ1n) is 21.4. The Morgan fingerprint density at radius 3 is 1.47 bits per heavy atom. The molecule has 0 aliphatic rings. The lowest BCUT2D eigenvalue weighted by molar-refractivity contribution is 0.406. The molecule has 0 saturated heterocycles. The van der Waals surface area contributed by atoms with E-state index in [1.807, 2.05) is 36.4 Å². The first kappa shape index (κ1) is 38.5. The molecule has 306 valence electrons. The van der Waals surface area contributed by atoms with Gasteiger partial charge in [-0.3, -0.25) is 0 Å². The number of rotatable bonds is 1. The molecule has 4 nitrogen and oxygen atoms in total. The minimum Gasteiger partial charge on any atom is -0.354 e. The SMILES string of the molecule is C=C.C=CC=C.Cn1c2ccc3[nH]c4ccc5ccccc5c4c3c2c2ccc3ccccc3c21.Fn1c2ccc3[nH]c4cc5ccccc5cc4c3c2c2ccc3ccccc3c21. The van der Waals surface area contributed by atoms with Gasteiger partial charge in [0.2, 0.25) is 0 Å². The van der Waals surface area contributed by atoms with Crippen LogP contribution >= 0.6 is 0 Å². The number of benzene rings is 10. The molecule has 0 amide bonds. The zero-order valence-electron chi connectivity index (χ0n) is 35.4. The normalized spacial score (nSPS) is 11.5. The van der Waals surface area contributed by atoms with Crippen LogP contribution in [0.5, 0.6) is 0 Å². The van der Waals surface area contributed by atoms with Crippen molar-refractivity contribution in [3.05, 3.63) is 208 Å². The van der Waals surface area contributed by atoms with Crippen molar-refractivity contribution in [2.45, 2.75) is 0 Å². The average molecular weight is 827 g/mol. The van der Waals surface area contributed by atoms with E-state index in [1.54, 1.807) is 12.2 Å². The van der Waals surface area contributed by atoms with Crippen molar-refractivity contribution in [2.75, 3.05) is 0 Å². The van der Waals surface area contributed by atoms with Gasteiger partial charge < -0.3 is 14.5 Å². The maximum Gasteiger partial charge on any atom is 0.0904 e. The summed E-state index contributed by atoms with van der Waals surface area (Å²) in [5.74, 6) is 0. The fraction of sp³-hybridized carbons (Fsp3) is 0.0169. The number of hydrogen-bond donors (Lipinski definition) is 2. The van der Waals surface area contributed by atoms with Gasteiger partial charge in [0.25, 0.3) is 0 Å². The maximum absolute atomic E-state index is 15.5. The van der Waals surface area contributed by atoms with Crippen LogP contribution in [0.15, 0.2) is 208 Å². The van der Waals surface area contributed by atoms with Crippen molar-refractivity contribution >= 4 is 130 Å². The monoisotopic (exact) mass is 826 g/mol. The van der Waals surface area contributed by atoms with Crippen LogP contribution < -0.4 is 0 Å². The van der Waals surface area contributed by atoms with E-state index in [-0.39, 0.29) is 0 Å². The molecule has 5 heteroatoms. The first-order valence-corrected chi connectivity index (χ1v) is 21.4. The van der Waals surface area contributed by atoms with Crippen molar-refractivity contribution < 1.29 is 4.48 Å². The Morgan fingerprint density at radius 1 is 0.391 bits per heavy atom. The number of hydrogen-bond acceptors (Lipinski definition) is 0. The molecule has 64 heavy (non-hydrogen) atoms. The lowest BCUT2D eigenvalue weighted by atomic mass is 9.99. The minimum absolute atomic E-state index is 0.609. The van der Waals surface area contributed by atoms with Crippen LogP contribution in [0.2, 0.25) is 0 Å². The lowest BCUT2D eigenvalue weighted by Crippen LogP contribution is -1.87. The zero-order chi connectivity index (χ0) is 43.6. The molecular weight excluding hydrogens is 784 g/mol. The fourth-order valence-corrected chi connectivity index (χ4v) is 10.1. The summed E-state index contributed by atoms with van der Waals surface area (Å²) >= 11 is 0. The van der Waals surface area contributed by atoms with Crippen molar-refractivity contribution in [1.29, 1.82) is 0 Å². The van der Waals surface area contributed by atoms with Gasteiger partial charge in [0, 0.05) is 88.5 Å². The zero-order valence-corrected chi connectivity index (χ0v) is 35.4. The Balaban J connectivity index is 0.000000127. The van der Waals surface area contributed by atoms with Gasteiger partial charge in [0.15, 0.2) is 0 Å². The van der Waals surface area contributed by atoms with E-state index in [9.17, 15) is 0 Å². The quantitative estimate of drug-likeness (QED) is 0.122. The van der Waals surface area contributed by atoms with Crippen molar-refractivity contribution in [2.24, 2.45) is 7.05 Å². The summed E-state index contributed by atoms with van der Waals surface area (Å²) in [5.41, 5.74) is 8.33. The molecule has 0 unspecified atom stereocenters. The van der Waals surface area contributed by atoms with Gasteiger partial charge in [-0.2, -0.15) is 4.79 Å². The highest BCUT2D eigenvalue weighted by Gasteiger charge is 2.20. The van der Waals surface area contributed by atoms with E-state index < -0.39 is 0 Å². The van der Waals surface area contributed by atoms with Gasteiger partial charge in [-0.15, -0.1) is 13.2 Å². The smallest absolute Gasteiger partial charge is 0.0904 e. The van der Waals surface area contributed by atoms with Gasteiger partial charge in [-0.1, -0.05) is 157 Å². The van der Waals surface area contributed by atoms with Crippen LogP contribution in [-0.4, -0.2) is 19.3 Å². The molecule has 0 fully saturated rings. The predicted octanol–water partition coefficient (Wildman–Crippen LogP) is 16.9. The second-order valence-electron chi connectivity index (χ2n) is 16.1. The van der Waals surface area contributed by atoms with E-state index in [4.69, 9.17) is 0 Å². The number of fused-ring (bicyclic) bond motifs is 21. The van der Waals surface area contributed by atoms with Crippen molar-refractivity contribution in [3.8, 4) is 0 Å². The lowest BCUT2D eigenvalue weighted by Gasteiger charge is -2.02. The highest BCUT2D eigenvalue weighted by molar-refractivity contribution is 6.34. The summed E-state index contributed by atoms with van der Waals surface area (Å²) in [6.07, 6.45) is 3.28. The van der Waals surface area contributed by atoms with Gasteiger partial charge in [0.1, 0.15) is 0 Å². The number of aromatic nitrogens is 4. The molecule has 14 rings (SSSR count). The highest BCUT2D eigenvalue weighted by atomic mass is 19.2. The first-order chi connectivity index (χ1) is 31.5. The molecule has 0 aliphatic heterocycles. The van der Waals surface area contributed by atoms with Crippen LogP contribution in [0.1, 0.15) is 0 Å². The second kappa shape index (κ2) is 15.2. The topological polar surface area (TPSA) is 41.4 Å². The number of allylic oxidation sites excluding steroid dienone is 2. The van der Waals surface area contributed by atoms with Gasteiger partial charge in [-0.25, -0.2) is 0 Å². The molecule has 0 radical (unpaired) electrons. The number of aryl methyl sites for hydroxylation is 1. The molecule has 10 aromatic carbocycles. The summed E-state index contributed by atoms with van der Waals surface area (Å²) in [4.78, 5) is 8.06. The Labute approximate surface area is 368 Å². The number of H-pyrrole nitrogens is 2. The molecule has 4 aromatic heterocycles. The molecular formula is C59H43FN4. The number of nitrogens with zero attached hydrogens (tertiary/aromatic N) is 2. The third-order valence-corrected chi connectivity index (χ3v) is 12.9. The van der Waals surface area contributed by atoms with Crippen LogP contribution in [0.4, 0.5) is 4.48 Å². The molecule has 14 aromatic rings. The van der Waals surface area contributed by atoms with Crippen LogP contribution in [0, 0.1) is 0 Å². The average Bonchev–Trinajstić information content (AvgIpc) is 4.09. The van der Waals surface area contributed by atoms with E-state index >= 15 is 4.48 Å². The summed E-state index contributed by atoms with van der Waals surface area (Å²) in [7, 11) is 2.19. The summed E-state index contributed by atoms with van der Waals surface area (Å²) in [6.45, 7) is 12.7. The largest absolute Gasteiger partial charge is 0.354 e. The number of halogens is 1. The summed E-state index contributed by atoms with van der Waals surface area (Å²) in [5, 5.41) is 19.0.